The minimum Gasteiger partial charge on any atom is -0.395 e. The Balaban J connectivity index is 1.92. The van der Waals surface area contributed by atoms with Crippen LogP contribution in [0.15, 0.2) is 0 Å². The van der Waals surface area contributed by atoms with Crippen LogP contribution in [0.4, 0.5) is 0 Å². The molecule has 11 heavy (non-hydrogen) atoms. The molecule has 2 atom stereocenters. The van der Waals surface area contributed by atoms with Crippen LogP contribution in [0, 0.1) is 11.3 Å². The summed E-state index contributed by atoms with van der Waals surface area (Å²) in [6, 6.07) is 0.0631. The van der Waals surface area contributed by atoms with E-state index in [2.05, 4.69) is 0 Å². The molecule has 2 saturated carbocycles. The first-order chi connectivity index (χ1) is 5.28. The van der Waals surface area contributed by atoms with Crippen LogP contribution in [-0.4, -0.2) is 17.8 Å². The van der Waals surface area contributed by atoms with Crippen LogP contribution in [0.5, 0.6) is 0 Å². The average Bonchev–Trinajstić information content (AvgIpc) is 2.48. The molecule has 2 aliphatic rings. The van der Waals surface area contributed by atoms with E-state index in [0.717, 1.165) is 0 Å². The van der Waals surface area contributed by atoms with Crippen LogP contribution in [0.3, 0.4) is 0 Å². The molecule has 0 aromatic heterocycles. The predicted molar refractivity (Wildman–Crippen MR) is 44.1 cm³/mol. The van der Waals surface area contributed by atoms with Gasteiger partial charge in [-0.3, -0.25) is 0 Å². The van der Waals surface area contributed by atoms with Gasteiger partial charge in [-0.05, 0) is 30.6 Å². The number of hydrogen-bond acceptors (Lipinski definition) is 2. The molecule has 0 amide bonds. The number of hydrogen-bond donors (Lipinski definition) is 2. The molecule has 2 nitrogen and oxygen atoms in total. The van der Waals surface area contributed by atoms with E-state index in [0.29, 0.717) is 11.3 Å². The standard InChI is InChI=1S/C9H17NO/c10-8(6-11)7-5-9(7)3-1-2-4-9/h7-8,11H,1-6,10H2. The zero-order chi connectivity index (χ0) is 7.90. The van der Waals surface area contributed by atoms with E-state index >= 15 is 0 Å². The molecule has 2 rings (SSSR count). The highest BCUT2D eigenvalue weighted by molar-refractivity contribution is 5.08. The Hall–Kier alpha value is -0.0800. The maximum atomic E-state index is 8.86. The molecule has 0 bridgehead atoms. The molecule has 0 heterocycles. The highest BCUT2D eigenvalue weighted by atomic mass is 16.3. The highest BCUT2D eigenvalue weighted by Gasteiger charge is 2.56. The molecular weight excluding hydrogens is 138 g/mol. The minimum absolute atomic E-state index is 0.0631. The molecule has 2 unspecified atom stereocenters. The number of aliphatic hydroxyl groups is 1. The Bertz CT molecular complexity index is 152. The smallest absolute Gasteiger partial charge is 0.0585 e. The van der Waals surface area contributed by atoms with E-state index in [1.807, 2.05) is 0 Å². The second-order valence-corrected chi connectivity index (χ2v) is 4.23. The van der Waals surface area contributed by atoms with E-state index in [4.69, 9.17) is 10.8 Å². The fourth-order valence-corrected chi connectivity index (χ4v) is 2.77. The average molecular weight is 155 g/mol. The summed E-state index contributed by atoms with van der Waals surface area (Å²) in [5.74, 6) is 0.648. The second kappa shape index (κ2) is 2.46. The van der Waals surface area contributed by atoms with Crippen molar-refractivity contribution in [2.75, 3.05) is 6.61 Å². The first-order valence-electron chi connectivity index (χ1n) is 4.65. The van der Waals surface area contributed by atoms with E-state index in [9.17, 15) is 0 Å². The van der Waals surface area contributed by atoms with Crippen molar-refractivity contribution in [3.63, 3.8) is 0 Å². The van der Waals surface area contributed by atoms with Gasteiger partial charge in [0.1, 0.15) is 0 Å². The van der Waals surface area contributed by atoms with Gasteiger partial charge < -0.3 is 10.8 Å². The monoisotopic (exact) mass is 155 g/mol. The normalized spacial score (nSPS) is 36.0. The minimum atomic E-state index is 0.0631. The molecule has 0 radical (unpaired) electrons. The summed E-state index contributed by atoms with van der Waals surface area (Å²) in [6.45, 7) is 0.173. The van der Waals surface area contributed by atoms with Gasteiger partial charge in [0.15, 0.2) is 0 Å². The Labute approximate surface area is 67.8 Å². The predicted octanol–water partition coefficient (Wildman–Crippen LogP) is 0.886. The van der Waals surface area contributed by atoms with E-state index in [1.165, 1.54) is 32.1 Å². The maximum absolute atomic E-state index is 8.86. The quantitative estimate of drug-likeness (QED) is 0.622. The van der Waals surface area contributed by atoms with Crippen molar-refractivity contribution >= 4 is 0 Å². The van der Waals surface area contributed by atoms with Crippen LogP contribution in [-0.2, 0) is 0 Å². The van der Waals surface area contributed by atoms with Gasteiger partial charge in [0.2, 0.25) is 0 Å². The molecule has 0 aromatic carbocycles. The fraction of sp³-hybridized carbons (Fsp3) is 1.00. The Morgan fingerprint density at radius 3 is 2.64 bits per heavy atom. The number of rotatable bonds is 2. The Morgan fingerprint density at radius 1 is 1.45 bits per heavy atom. The van der Waals surface area contributed by atoms with Crippen molar-refractivity contribution in [2.24, 2.45) is 17.1 Å². The van der Waals surface area contributed by atoms with Crippen molar-refractivity contribution in [1.29, 1.82) is 0 Å². The third kappa shape index (κ3) is 1.09. The molecule has 1 spiro atoms. The Kier molecular flexibility index (Phi) is 1.69. The molecule has 0 saturated heterocycles. The first-order valence-corrected chi connectivity index (χ1v) is 4.65. The third-order valence-electron chi connectivity index (χ3n) is 3.58. The summed E-state index contributed by atoms with van der Waals surface area (Å²) >= 11 is 0. The van der Waals surface area contributed by atoms with Crippen LogP contribution in [0.1, 0.15) is 32.1 Å². The van der Waals surface area contributed by atoms with Crippen molar-refractivity contribution in [3.05, 3.63) is 0 Å². The summed E-state index contributed by atoms with van der Waals surface area (Å²) < 4.78 is 0. The van der Waals surface area contributed by atoms with Gasteiger partial charge in [0.05, 0.1) is 6.61 Å². The summed E-state index contributed by atoms with van der Waals surface area (Å²) in [6.07, 6.45) is 6.79. The van der Waals surface area contributed by atoms with Crippen molar-refractivity contribution in [1.82, 2.24) is 0 Å². The fourth-order valence-electron chi connectivity index (χ4n) is 2.77. The zero-order valence-corrected chi connectivity index (χ0v) is 6.92. The summed E-state index contributed by atoms with van der Waals surface area (Å²) in [5.41, 5.74) is 6.38. The third-order valence-corrected chi connectivity index (χ3v) is 3.58. The number of aliphatic hydroxyl groups excluding tert-OH is 1. The molecule has 64 valence electrons. The highest BCUT2D eigenvalue weighted by Crippen LogP contribution is 2.63. The van der Waals surface area contributed by atoms with Gasteiger partial charge in [0.25, 0.3) is 0 Å². The lowest BCUT2D eigenvalue weighted by molar-refractivity contribution is 0.239. The van der Waals surface area contributed by atoms with Crippen LogP contribution in [0.25, 0.3) is 0 Å². The molecular formula is C9H17NO. The second-order valence-electron chi connectivity index (χ2n) is 4.23. The van der Waals surface area contributed by atoms with E-state index in [1.54, 1.807) is 0 Å². The zero-order valence-electron chi connectivity index (χ0n) is 6.92. The van der Waals surface area contributed by atoms with Crippen molar-refractivity contribution in [2.45, 2.75) is 38.1 Å². The Morgan fingerprint density at radius 2 is 2.09 bits per heavy atom. The van der Waals surface area contributed by atoms with Crippen LogP contribution >= 0.6 is 0 Å². The summed E-state index contributed by atoms with van der Waals surface area (Å²) in [4.78, 5) is 0. The molecule has 3 N–H and O–H groups in total. The topological polar surface area (TPSA) is 46.2 Å². The van der Waals surface area contributed by atoms with Crippen LogP contribution in [0.2, 0.25) is 0 Å². The van der Waals surface area contributed by atoms with Crippen LogP contribution < -0.4 is 5.73 Å². The van der Waals surface area contributed by atoms with Gasteiger partial charge >= 0.3 is 0 Å². The van der Waals surface area contributed by atoms with E-state index < -0.39 is 0 Å². The van der Waals surface area contributed by atoms with Gasteiger partial charge in [0, 0.05) is 6.04 Å². The van der Waals surface area contributed by atoms with Gasteiger partial charge in [-0.1, -0.05) is 12.8 Å². The molecule has 0 aliphatic heterocycles. The molecule has 2 aliphatic carbocycles. The van der Waals surface area contributed by atoms with Gasteiger partial charge in [-0.2, -0.15) is 0 Å². The summed E-state index contributed by atoms with van der Waals surface area (Å²) in [5, 5.41) is 8.86. The van der Waals surface area contributed by atoms with Crippen molar-refractivity contribution < 1.29 is 5.11 Å². The molecule has 2 fully saturated rings. The van der Waals surface area contributed by atoms with E-state index in [-0.39, 0.29) is 12.6 Å². The lowest BCUT2D eigenvalue weighted by Crippen LogP contribution is -2.29. The molecule has 2 heteroatoms. The maximum Gasteiger partial charge on any atom is 0.0585 e. The van der Waals surface area contributed by atoms with Gasteiger partial charge in [-0.25, -0.2) is 0 Å². The van der Waals surface area contributed by atoms with Crippen molar-refractivity contribution in [3.8, 4) is 0 Å². The van der Waals surface area contributed by atoms with Gasteiger partial charge in [-0.15, -0.1) is 0 Å². The first kappa shape index (κ1) is 7.56. The lowest BCUT2D eigenvalue weighted by atomic mass is 9.99. The lowest BCUT2D eigenvalue weighted by Gasteiger charge is -2.12. The largest absolute Gasteiger partial charge is 0.395 e. The molecule has 0 aromatic rings. The number of nitrogens with two attached hydrogens (primary N) is 1. The SMILES string of the molecule is NC(CO)C1CC12CCCC2. The summed E-state index contributed by atoms with van der Waals surface area (Å²) in [7, 11) is 0.